The molecule has 0 heteroatoms. The van der Waals surface area contributed by atoms with Crippen LogP contribution in [0.1, 0.15) is 44.6 Å². The highest BCUT2D eigenvalue weighted by Crippen LogP contribution is 2.20. The van der Waals surface area contributed by atoms with Gasteiger partial charge >= 0.3 is 0 Å². The zero-order valence-electron chi connectivity index (χ0n) is 10.8. The van der Waals surface area contributed by atoms with E-state index in [0.29, 0.717) is 0 Å². The quantitative estimate of drug-likeness (QED) is 0.582. The van der Waals surface area contributed by atoms with Gasteiger partial charge in [0, 0.05) is 0 Å². The van der Waals surface area contributed by atoms with E-state index in [2.05, 4.69) is 49.4 Å². The Labute approximate surface area is 105 Å². The van der Waals surface area contributed by atoms with Gasteiger partial charge in [0.05, 0.1) is 0 Å². The van der Waals surface area contributed by atoms with Crippen molar-refractivity contribution in [3.8, 4) is 0 Å². The van der Waals surface area contributed by atoms with E-state index in [4.69, 9.17) is 0 Å². The summed E-state index contributed by atoms with van der Waals surface area (Å²) in [6.07, 6.45) is 8.03. The average molecular weight is 226 g/mol. The highest BCUT2D eigenvalue weighted by Gasteiger charge is 1.99. The minimum atomic E-state index is 1.23. The van der Waals surface area contributed by atoms with Gasteiger partial charge in [-0.15, -0.1) is 0 Å². The minimum absolute atomic E-state index is 1.23. The lowest BCUT2D eigenvalue weighted by Crippen LogP contribution is -1.88. The van der Waals surface area contributed by atoms with Crippen LogP contribution in [0.15, 0.2) is 42.5 Å². The summed E-state index contributed by atoms with van der Waals surface area (Å²) >= 11 is 0. The number of benzene rings is 2. The minimum Gasteiger partial charge on any atom is -0.0654 e. The van der Waals surface area contributed by atoms with Crippen molar-refractivity contribution < 1.29 is 0 Å². The van der Waals surface area contributed by atoms with Crippen molar-refractivity contribution in [2.24, 2.45) is 0 Å². The molecule has 0 aromatic heterocycles. The third-order valence-corrected chi connectivity index (χ3v) is 3.43. The van der Waals surface area contributed by atoms with Crippen LogP contribution in [0.4, 0.5) is 0 Å². The summed E-state index contributed by atoms with van der Waals surface area (Å²) in [4.78, 5) is 0. The van der Waals surface area contributed by atoms with Crippen molar-refractivity contribution >= 4 is 10.8 Å². The molecule has 0 nitrogen and oxygen atoms in total. The normalized spacial score (nSPS) is 10.9. The van der Waals surface area contributed by atoms with Crippen LogP contribution < -0.4 is 0 Å². The first-order valence-electron chi connectivity index (χ1n) is 6.88. The van der Waals surface area contributed by atoms with Crippen LogP contribution in [-0.2, 0) is 6.42 Å². The number of aryl methyl sites for hydroxylation is 1. The van der Waals surface area contributed by atoms with Gasteiger partial charge in [-0.3, -0.25) is 0 Å². The first kappa shape index (κ1) is 12.2. The van der Waals surface area contributed by atoms with E-state index in [9.17, 15) is 0 Å². The van der Waals surface area contributed by atoms with Crippen LogP contribution in [0, 0.1) is 0 Å². The van der Waals surface area contributed by atoms with Crippen molar-refractivity contribution in [3.05, 3.63) is 48.0 Å². The van der Waals surface area contributed by atoms with E-state index < -0.39 is 0 Å². The standard InChI is InChI=1S/C17H22/c1-2-3-4-5-6-10-15-12-9-13-16-11-7-8-14-17(15)16/h7-9,11-14H,2-6,10H2,1H3. The Balaban J connectivity index is 1.98. The van der Waals surface area contributed by atoms with Crippen LogP contribution in [0.2, 0.25) is 0 Å². The van der Waals surface area contributed by atoms with Crippen LogP contribution in [0.5, 0.6) is 0 Å². The van der Waals surface area contributed by atoms with Gasteiger partial charge < -0.3 is 0 Å². The van der Waals surface area contributed by atoms with Crippen LogP contribution in [0.25, 0.3) is 10.8 Å². The lowest BCUT2D eigenvalue weighted by Gasteiger charge is -2.06. The molecule has 2 aromatic rings. The van der Waals surface area contributed by atoms with Gasteiger partial charge in [-0.1, -0.05) is 75.1 Å². The molecule has 90 valence electrons. The Morgan fingerprint density at radius 2 is 1.53 bits per heavy atom. The van der Waals surface area contributed by atoms with E-state index in [-0.39, 0.29) is 0 Å². The molecule has 0 aliphatic carbocycles. The molecule has 17 heavy (non-hydrogen) atoms. The Hall–Kier alpha value is -1.30. The molecular formula is C17H22. The molecule has 0 amide bonds. The summed E-state index contributed by atoms with van der Waals surface area (Å²) < 4.78 is 0. The SMILES string of the molecule is CCCCCCCc1cccc2ccccc12. The molecule has 0 saturated carbocycles. The number of rotatable bonds is 6. The molecule has 0 aliphatic heterocycles. The third-order valence-electron chi connectivity index (χ3n) is 3.43. The Bertz CT molecular complexity index is 451. The summed E-state index contributed by atoms with van der Waals surface area (Å²) in [5, 5.41) is 2.81. The number of unbranched alkanes of at least 4 members (excludes halogenated alkanes) is 4. The number of fused-ring (bicyclic) bond motifs is 1. The molecule has 0 atom stereocenters. The van der Waals surface area contributed by atoms with Gasteiger partial charge in [0.15, 0.2) is 0 Å². The summed E-state index contributed by atoms with van der Waals surface area (Å²) in [6.45, 7) is 2.27. The topological polar surface area (TPSA) is 0 Å². The smallest absolute Gasteiger partial charge is 0.0152 e. The van der Waals surface area contributed by atoms with E-state index >= 15 is 0 Å². The average Bonchev–Trinajstić information content (AvgIpc) is 2.39. The van der Waals surface area contributed by atoms with Crippen LogP contribution in [-0.4, -0.2) is 0 Å². The summed E-state index contributed by atoms with van der Waals surface area (Å²) in [5.41, 5.74) is 1.51. The fourth-order valence-electron chi connectivity index (χ4n) is 2.43. The first-order valence-corrected chi connectivity index (χ1v) is 6.88. The maximum absolute atomic E-state index is 2.28. The van der Waals surface area contributed by atoms with Crippen LogP contribution >= 0.6 is 0 Å². The molecule has 0 spiro atoms. The zero-order chi connectivity index (χ0) is 11.9. The fraction of sp³-hybridized carbons (Fsp3) is 0.412. The monoisotopic (exact) mass is 226 g/mol. The van der Waals surface area contributed by atoms with E-state index in [0.717, 1.165) is 0 Å². The maximum Gasteiger partial charge on any atom is -0.0152 e. The molecule has 2 aromatic carbocycles. The van der Waals surface area contributed by atoms with Crippen molar-refractivity contribution in [2.45, 2.75) is 45.4 Å². The lowest BCUT2D eigenvalue weighted by molar-refractivity contribution is 0.633. The molecule has 0 N–H and O–H groups in total. The van der Waals surface area contributed by atoms with Crippen molar-refractivity contribution in [2.75, 3.05) is 0 Å². The van der Waals surface area contributed by atoms with Gasteiger partial charge in [0.25, 0.3) is 0 Å². The molecular weight excluding hydrogens is 204 g/mol. The second-order valence-electron chi connectivity index (χ2n) is 4.80. The predicted octanol–water partition coefficient (Wildman–Crippen LogP) is 5.35. The van der Waals surface area contributed by atoms with Crippen molar-refractivity contribution in [1.82, 2.24) is 0 Å². The molecule has 0 fully saturated rings. The first-order chi connectivity index (χ1) is 8.42. The van der Waals surface area contributed by atoms with Gasteiger partial charge in [-0.05, 0) is 29.2 Å². The summed E-state index contributed by atoms with van der Waals surface area (Å²) in [5.74, 6) is 0. The van der Waals surface area contributed by atoms with Crippen molar-refractivity contribution in [1.29, 1.82) is 0 Å². The largest absolute Gasteiger partial charge is 0.0654 e. The van der Waals surface area contributed by atoms with Gasteiger partial charge in [-0.2, -0.15) is 0 Å². The highest BCUT2D eigenvalue weighted by atomic mass is 14.0. The molecule has 0 radical (unpaired) electrons. The van der Waals surface area contributed by atoms with Gasteiger partial charge in [0.2, 0.25) is 0 Å². The van der Waals surface area contributed by atoms with Gasteiger partial charge in [0.1, 0.15) is 0 Å². The fourth-order valence-corrected chi connectivity index (χ4v) is 2.43. The van der Waals surface area contributed by atoms with Crippen molar-refractivity contribution in [3.63, 3.8) is 0 Å². The highest BCUT2D eigenvalue weighted by molar-refractivity contribution is 5.85. The molecule has 2 rings (SSSR count). The lowest BCUT2D eigenvalue weighted by atomic mass is 9.99. The molecule has 0 saturated heterocycles. The Kier molecular flexibility index (Phi) is 4.61. The van der Waals surface area contributed by atoms with E-state index in [1.165, 1.54) is 54.9 Å². The molecule has 0 aliphatic rings. The molecule has 0 unspecified atom stereocenters. The van der Waals surface area contributed by atoms with E-state index in [1.54, 1.807) is 0 Å². The van der Waals surface area contributed by atoms with E-state index in [1.807, 2.05) is 0 Å². The van der Waals surface area contributed by atoms with Crippen LogP contribution in [0.3, 0.4) is 0 Å². The Morgan fingerprint density at radius 3 is 2.41 bits per heavy atom. The predicted molar refractivity (Wildman–Crippen MR) is 76.4 cm³/mol. The second kappa shape index (κ2) is 6.44. The molecule has 0 bridgehead atoms. The maximum atomic E-state index is 2.28. The number of hydrogen-bond donors (Lipinski definition) is 0. The third kappa shape index (κ3) is 3.33. The summed E-state index contributed by atoms with van der Waals surface area (Å²) in [6, 6.07) is 15.4. The Morgan fingerprint density at radius 1 is 0.765 bits per heavy atom. The number of hydrogen-bond acceptors (Lipinski definition) is 0. The van der Waals surface area contributed by atoms with Gasteiger partial charge in [-0.25, -0.2) is 0 Å². The zero-order valence-corrected chi connectivity index (χ0v) is 10.8. The molecule has 0 heterocycles. The second-order valence-corrected chi connectivity index (χ2v) is 4.80. The summed E-state index contributed by atoms with van der Waals surface area (Å²) in [7, 11) is 0.